The van der Waals surface area contributed by atoms with Crippen molar-refractivity contribution in [2.24, 2.45) is 23.0 Å². The maximum Gasteiger partial charge on any atom is 0.303 e. The summed E-state index contributed by atoms with van der Waals surface area (Å²) in [4.78, 5) is 10.9. The minimum atomic E-state index is -0.681. The van der Waals surface area contributed by atoms with E-state index in [1.807, 2.05) is 0 Å². The molecule has 0 amide bonds. The fraction of sp³-hybridized carbons (Fsp3) is 0.923. The molecule has 0 unspecified atom stereocenters. The van der Waals surface area contributed by atoms with Crippen molar-refractivity contribution < 1.29 is 9.90 Å². The van der Waals surface area contributed by atoms with Gasteiger partial charge in [0.25, 0.3) is 0 Å². The van der Waals surface area contributed by atoms with Gasteiger partial charge >= 0.3 is 5.97 Å². The summed E-state index contributed by atoms with van der Waals surface area (Å²) in [5, 5.41) is 9.00. The summed E-state index contributed by atoms with van der Waals surface area (Å²) in [5.41, 5.74) is 5.75. The van der Waals surface area contributed by atoms with Crippen LogP contribution in [0.4, 0.5) is 0 Å². The highest BCUT2D eigenvalue weighted by atomic mass is 16.4. The number of rotatable bonds is 3. The first kappa shape index (κ1) is 11.9. The molecule has 3 heteroatoms. The summed E-state index contributed by atoms with van der Waals surface area (Å²) < 4.78 is 0. The third-order valence-electron chi connectivity index (χ3n) is 4.77. The molecular formula is C13H23NO2. The normalized spacial score (nSPS) is 39.1. The van der Waals surface area contributed by atoms with E-state index < -0.39 is 5.97 Å². The Balaban J connectivity index is 2.03. The van der Waals surface area contributed by atoms with Gasteiger partial charge in [-0.3, -0.25) is 4.79 Å². The van der Waals surface area contributed by atoms with Gasteiger partial charge in [0.1, 0.15) is 0 Å². The molecule has 2 saturated carbocycles. The Bertz CT molecular complexity index is 267. The number of carbonyl (C=O) groups is 1. The number of fused-ring (bicyclic) bond motifs is 1. The van der Waals surface area contributed by atoms with Gasteiger partial charge in [0.15, 0.2) is 0 Å². The minimum absolute atomic E-state index is 0.0929. The van der Waals surface area contributed by atoms with Crippen molar-refractivity contribution in [1.82, 2.24) is 0 Å². The largest absolute Gasteiger partial charge is 0.481 e. The van der Waals surface area contributed by atoms with Crippen LogP contribution in [0.15, 0.2) is 0 Å². The monoisotopic (exact) mass is 225 g/mol. The summed E-state index contributed by atoms with van der Waals surface area (Å²) in [6.45, 7) is 0.544. The van der Waals surface area contributed by atoms with Gasteiger partial charge in [0.2, 0.25) is 0 Å². The van der Waals surface area contributed by atoms with Crippen LogP contribution >= 0.6 is 0 Å². The van der Waals surface area contributed by atoms with E-state index in [1.165, 1.54) is 32.1 Å². The molecule has 0 aliphatic heterocycles. The summed E-state index contributed by atoms with van der Waals surface area (Å²) in [7, 11) is 0. The smallest absolute Gasteiger partial charge is 0.303 e. The topological polar surface area (TPSA) is 63.3 Å². The molecule has 92 valence electrons. The molecule has 3 atom stereocenters. The van der Waals surface area contributed by atoms with Crippen LogP contribution in [0, 0.1) is 17.3 Å². The zero-order valence-electron chi connectivity index (χ0n) is 9.95. The molecule has 16 heavy (non-hydrogen) atoms. The molecule has 0 aromatic heterocycles. The van der Waals surface area contributed by atoms with Crippen LogP contribution in [0.1, 0.15) is 51.4 Å². The van der Waals surface area contributed by atoms with Crippen LogP contribution in [0.3, 0.4) is 0 Å². The first-order valence-electron chi connectivity index (χ1n) is 6.57. The standard InChI is InChI=1S/C13H23NO2/c14-9-13(8-12(15)16)6-5-10-3-1-2-4-11(10)7-13/h10-11H,1-9,14H2,(H,15,16)/t10-,11-,13+/m1/s1. The Hall–Kier alpha value is -0.570. The van der Waals surface area contributed by atoms with Crippen LogP contribution in [-0.4, -0.2) is 17.6 Å². The van der Waals surface area contributed by atoms with Gasteiger partial charge in [0.05, 0.1) is 6.42 Å². The quantitative estimate of drug-likeness (QED) is 0.775. The molecule has 2 fully saturated rings. The maximum absolute atomic E-state index is 10.9. The van der Waals surface area contributed by atoms with Crippen molar-refractivity contribution in [2.75, 3.05) is 6.54 Å². The number of carboxylic acid groups (broad SMARTS) is 1. The summed E-state index contributed by atoms with van der Waals surface area (Å²) in [6.07, 6.45) is 8.91. The van der Waals surface area contributed by atoms with Crippen LogP contribution < -0.4 is 5.73 Å². The molecule has 0 spiro atoms. The predicted molar refractivity (Wildman–Crippen MR) is 63.0 cm³/mol. The van der Waals surface area contributed by atoms with E-state index >= 15 is 0 Å². The molecule has 3 N–H and O–H groups in total. The molecule has 0 aromatic rings. The molecule has 0 heterocycles. The van der Waals surface area contributed by atoms with Crippen molar-refractivity contribution in [3.05, 3.63) is 0 Å². The van der Waals surface area contributed by atoms with Crippen LogP contribution in [0.5, 0.6) is 0 Å². The highest BCUT2D eigenvalue weighted by Gasteiger charge is 2.41. The summed E-state index contributed by atoms with van der Waals surface area (Å²) in [5.74, 6) is 0.937. The van der Waals surface area contributed by atoms with E-state index in [0.29, 0.717) is 6.54 Å². The first-order valence-corrected chi connectivity index (χ1v) is 6.57. The molecule has 2 aliphatic rings. The average molecular weight is 225 g/mol. The number of aliphatic carboxylic acids is 1. The fourth-order valence-electron chi connectivity index (χ4n) is 3.82. The highest BCUT2D eigenvalue weighted by Crippen LogP contribution is 2.49. The van der Waals surface area contributed by atoms with E-state index in [4.69, 9.17) is 10.8 Å². The van der Waals surface area contributed by atoms with Gasteiger partial charge in [-0.1, -0.05) is 25.7 Å². The molecule has 0 radical (unpaired) electrons. The lowest BCUT2D eigenvalue weighted by atomic mass is 9.60. The van der Waals surface area contributed by atoms with Crippen molar-refractivity contribution in [3.63, 3.8) is 0 Å². The Morgan fingerprint density at radius 3 is 2.56 bits per heavy atom. The van der Waals surface area contributed by atoms with Gasteiger partial charge in [0, 0.05) is 0 Å². The molecule has 0 bridgehead atoms. The third kappa shape index (κ3) is 2.40. The van der Waals surface area contributed by atoms with Crippen LogP contribution in [0.2, 0.25) is 0 Å². The van der Waals surface area contributed by atoms with E-state index in [2.05, 4.69) is 0 Å². The third-order valence-corrected chi connectivity index (χ3v) is 4.77. The second-order valence-electron chi connectivity index (χ2n) is 5.82. The van der Waals surface area contributed by atoms with Gasteiger partial charge in [-0.2, -0.15) is 0 Å². The van der Waals surface area contributed by atoms with Crippen LogP contribution in [-0.2, 0) is 4.79 Å². The molecule has 2 aliphatic carbocycles. The fourth-order valence-corrected chi connectivity index (χ4v) is 3.82. The van der Waals surface area contributed by atoms with Gasteiger partial charge in [-0.15, -0.1) is 0 Å². The number of carboxylic acids is 1. The lowest BCUT2D eigenvalue weighted by molar-refractivity contribution is -0.141. The van der Waals surface area contributed by atoms with Crippen molar-refractivity contribution in [2.45, 2.75) is 51.4 Å². The summed E-state index contributed by atoms with van der Waals surface area (Å²) >= 11 is 0. The Kier molecular flexibility index (Phi) is 3.53. The SMILES string of the molecule is NC[C@@]1(CC(=O)O)CC[C@H]2CCCC[C@@H]2C1. The molecule has 0 aromatic carbocycles. The average Bonchev–Trinajstić information content (AvgIpc) is 2.28. The number of nitrogens with two attached hydrogens (primary N) is 1. The van der Waals surface area contributed by atoms with Gasteiger partial charge in [-0.25, -0.2) is 0 Å². The second kappa shape index (κ2) is 4.74. The van der Waals surface area contributed by atoms with E-state index in [9.17, 15) is 4.79 Å². The summed E-state index contributed by atoms with van der Waals surface area (Å²) in [6, 6.07) is 0. The zero-order chi connectivity index (χ0) is 11.6. The molecular weight excluding hydrogens is 202 g/mol. The van der Waals surface area contributed by atoms with Gasteiger partial charge < -0.3 is 10.8 Å². The first-order chi connectivity index (χ1) is 7.65. The van der Waals surface area contributed by atoms with E-state index in [1.54, 1.807) is 0 Å². The molecule has 2 rings (SSSR count). The second-order valence-corrected chi connectivity index (χ2v) is 5.82. The van der Waals surface area contributed by atoms with Crippen molar-refractivity contribution >= 4 is 5.97 Å². The van der Waals surface area contributed by atoms with Gasteiger partial charge in [-0.05, 0) is 43.1 Å². The van der Waals surface area contributed by atoms with Crippen molar-refractivity contribution in [1.29, 1.82) is 0 Å². The molecule has 0 saturated heterocycles. The Morgan fingerprint density at radius 2 is 1.94 bits per heavy atom. The number of hydrogen-bond acceptors (Lipinski definition) is 2. The van der Waals surface area contributed by atoms with E-state index in [-0.39, 0.29) is 11.8 Å². The lowest BCUT2D eigenvalue weighted by Gasteiger charge is -2.45. The van der Waals surface area contributed by atoms with E-state index in [0.717, 1.165) is 24.7 Å². The maximum atomic E-state index is 10.9. The minimum Gasteiger partial charge on any atom is -0.481 e. The van der Waals surface area contributed by atoms with Crippen molar-refractivity contribution in [3.8, 4) is 0 Å². The molecule has 3 nitrogen and oxygen atoms in total. The van der Waals surface area contributed by atoms with Crippen LogP contribution in [0.25, 0.3) is 0 Å². The number of hydrogen-bond donors (Lipinski definition) is 2. The highest BCUT2D eigenvalue weighted by molar-refractivity contribution is 5.67. The lowest BCUT2D eigenvalue weighted by Crippen LogP contribution is -2.41. The zero-order valence-corrected chi connectivity index (χ0v) is 9.95. The Morgan fingerprint density at radius 1 is 1.25 bits per heavy atom. The predicted octanol–water partition coefficient (Wildman–Crippen LogP) is 2.40. The Labute approximate surface area is 97.4 Å².